The van der Waals surface area contributed by atoms with Gasteiger partial charge in [0, 0.05) is 5.56 Å². The van der Waals surface area contributed by atoms with Crippen LogP contribution < -0.4 is 10.1 Å². The molecule has 1 saturated heterocycles. The van der Waals surface area contributed by atoms with Crippen LogP contribution in [0.2, 0.25) is 0 Å². The van der Waals surface area contributed by atoms with Crippen LogP contribution in [0.1, 0.15) is 24.0 Å². The fraction of sp³-hybridized carbons (Fsp3) is 0.350. The van der Waals surface area contributed by atoms with E-state index < -0.39 is 11.6 Å². The van der Waals surface area contributed by atoms with Gasteiger partial charge < -0.3 is 20.3 Å². The Bertz CT molecular complexity index is 713. The van der Waals surface area contributed by atoms with Crippen molar-refractivity contribution < 1.29 is 19.7 Å². The molecule has 2 aromatic carbocycles. The molecule has 0 amide bonds. The molecular weight excluding hydrogens is 318 g/mol. The topological polar surface area (TPSA) is 78.8 Å². The Morgan fingerprint density at radius 2 is 1.76 bits per heavy atom. The van der Waals surface area contributed by atoms with E-state index in [2.05, 4.69) is 5.32 Å². The number of hydrogen-bond acceptors (Lipinski definition) is 4. The van der Waals surface area contributed by atoms with Crippen LogP contribution in [0.5, 0.6) is 5.75 Å². The van der Waals surface area contributed by atoms with E-state index in [9.17, 15) is 15.0 Å². The third kappa shape index (κ3) is 3.83. The van der Waals surface area contributed by atoms with Gasteiger partial charge in [0.05, 0.1) is 6.61 Å². The summed E-state index contributed by atoms with van der Waals surface area (Å²) in [7, 11) is 0. The van der Waals surface area contributed by atoms with Crippen molar-refractivity contribution in [2.45, 2.75) is 18.4 Å². The molecule has 0 aliphatic carbocycles. The van der Waals surface area contributed by atoms with Crippen LogP contribution in [0, 0.1) is 5.92 Å². The SMILES string of the molecule is O=C(O)[C@](O)(c1ccccc1)c1cccc(OCC2CCNCC2)c1. The van der Waals surface area contributed by atoms with Gasteiger partial charge >= 0.3 is 5.97 Å². The molecule has 3 N–H and O–H groups in total. The molecule has 0 bridgehead atoms. The van der Waals surface area contributed by atoms with Crippen molar-refractivity contribution in [3.8, 4) is 5.75 Å². The summed E-state index contributed by atoms with van der Waals surface area (Å²) < 4.78 is 5.87. The lowest BCUT2D eigenvalue weighted by Crippen LogP contribution is -2.36. The van der Waals surface area contributed by atoms with E-state index in [0.29, 0.717) is 23.8 Å². The Hall–Kier alpha value is -2.37. The molecule has 0 spiro atoms. The first-order chi connectivity index (χ1) is 12.1. The number of rotatable bonds is 6. The van der Waals surface area contributed by atoms with Gasteiger partial charge in [-0.2, -0.15) is 0 Å². The Morgan fingerprint density at radius 1 is 1.08 bits per heavy atom. The van der Waals surface area contributed by atoms with Crippen molar-refractivity contribution in [2.75, 3.05) is 19.7 Å². The summed E-state index contributed by atoms with van der Waals surface area (Å²) in [5, 5.41) is 23.9. The molecule has 0 radical (unpaired) electrons. The number of nitrogens with one attached hydrogen (secondary N) is 1. The minimum Gasteiger partial charge on any atom is -0.493 e. The zero-order chi connectivity index (χ0) is 17.7. The van der Waals surface area contributed by atoms with Crippen LogP contribution in [-0.2, 0) is 10.4 Å². The molecule has 25 heavy (non-hydrogen) atoms. The first kappa shape index (κ1) is 17.5. The van der Waals surface area contributed by atoms with Crippen molar-refractivity contribution in [1.29, 1.82) is 0 Å². The molecule has 1 atom stereocenters. The number of carboxylic acids is 1. The van der Waals surface area contributed by atoms with Gasteiger partial charge in [0.25, 0.3) is 0 Å². The van der Waals surface area contributed by atoms with E-state index in [4.69, 9.17) is 4.74 Å². The smallest absolute Gasteiger partial charge is 0.345 e. The van der Waals surface area contributed by atoms with Crippen molar-refractivity contribution in [2.24, 2.45) is 5.92 Å². The van der Waals surface area contributed by atoms with Gasteiger partial charge in [-0.05, 0) is 49.5 Å². The number of carboxylic acid groups (broad SMARTS) is 1. The molecular formula is C20H23NO4. The van der Waals surface area contributed by atoms with Crippen LogP contribution in [0.25, 0.3) is 0 Å². The molecule has 1 aliphatic rings. The standard InChI is InChI=1S/C20H23NO4/c22-19(23)20(24,16-5-2-1-3-6-16)17-7-4-8-18(13-17)25-14-15-9-11-21-12-10-15/h1-8,13,15,21,24H,9-12,14H2,(H,22,23)/t20-/m0/s1. The molecule has 5 heteroatoms. The highest BCUT2D eigenvalue weighted by Crippen LogP contribution is 2.32. The summed E-state index contributed by atoms with van der Waals surface area (Å²) in [6, 6.07) is 15.1. The highest BCUT2D eigenvalue weighted by Gasteiger charge is 2.40. The van der Waals surface area contributed by atoms with Crippen LogP contribution in [0.4, 0.5) is 0 Å². The number of ether oxygens (including phenoxy) is 1. The molecule has 0 aromatic heterocycles. The minimum atomic E-state index is -2.10. The second-order valence-corrected chi connectivity index (χ2v) is 6.41. The van der Waals surface area contributed by atoms with E-state index in [1.807, 2.05) is 0 Å². The zero-order valence-electron chi connectivity index (χ0n) is 14.0. The fourth-order valence-electron chi connectivity index (χ4n) is 3.17. The van der Waals surface area contributed by atoms with Crippen LogP contribution in [-0.4, -0.2) is 35.9 Å². The summed E-state index contributed by atoms with van der Waals surface area (Å²) in [4.78, 5) is 11.8. The normalized spacial score (nSPS) is 17.6. The predicted molar refractivity (Wildman–Crippen MR) is 94.6 cm³/mol. The highest BCUT2D eigenvalue weighted by molar-refractivity contribution is 5.83. The average molecular weight is 341 g/mol. The first-order valence-corrected chi connectivity index (χ1v) is 8.56. The van der Waals surface area contributed by atoms with Crippen LogP contribution in [0.15, 0.2) is 54.6 Å². The van der Waals surface area contributed by atoms with E-state index in [1.165, 1.54) is 0 Å². The second kappa shape index (κ2) is 7.68. The van der Waals surface area contributed by atoms with Gasteiger partial charge in [-0.1, -0.05) is 42.5 Å². The highest BCUT2D eigenvalue weighted by atomic mass is 16.5. The molecule has 0 unspecified atom stereocenters. The monoisotopic (exact) mass is 341 g/mol. The Balaban J connectivity index is 1.82. The zero-order valence-corrected chi connectivity index (χ0v) is 14.0. The Kier molecular flexibility index (Phi) is 5.36. The summed E-state index contributed by atoms with van der Waals surface area (Å²) in [5.41, 5.74) is -1.50. The van der Waals surface area contributed by atoms with E-state index in [0.717, 1.165) is 25.9 Å². The van der Waals surface area contributed by atoms with Crippen molar-refractivity contribution in [1.82, 2.24) is 5.32 Å². The van der Waals surface area contributed by atoms with E-state index >= 15 is 0 Å². The Labute approximate surface area is 147 Å². The molecule has 0 saturated carbocycles. The molecule has 132 valence electrons. The van der Waals surface area contributed by atoms with Gasteiger partial charge in [-0.25, -0.2) is 4.79 Å². The first-order valence-electron chi connectivity index (χ1n) is 8.56. The number of carbonyl (C=O) groups is 1. The number of aliphatic carboxylic acids is 1. The largest absolute Gasteiger partial charge is 0.493 e. The molecule has 5 nitrogen and oxygen atoms in total. The van der Waals surface area contributed by atoms with Crippen LogP contribution >= 0.6 is 0 Å². The number of hydrogen-bond donors (Lipinski definition) is 3. The second-order valence-electron chi connectivity index (χ2n) is 6.41. The lowest BCUT2D eigenvalue weighted by atomic mass is 9.86. The summed E-state index contributed by atoms with van der Waals surface area (Å²) in [6.45, 7) is 2.60. The minimum absolute atomic E-state index is 0.286. The van der Waals surface area contributed by atoms with Gasteiger partial charge in [0.15, 0.2) is 0 Å². The lowest BCUT2D eigenvalue weighted by molar-refractivity contribution is -0.155. The van der Waals surface area contributed by atoms with Crippen LogP contribution in [0.3, 0.4) is 0 Å². The molecule has 3 rings (SSSR count). The summed E-state index contributed by atoms with van der Waals surface area (Å²) in [5.74, 6) is -0.238. The van der Waals surface area contributed by atoms with Gasteiger partial charge in [-0.15, -0.1) is 0 Å². The number of piperidine rings is 1. The maximum absolute atomic E-state index is 11.8. The molecule has 1 fully saturated rings. The Morgan fingerprint density at radius 3 is 2.44 bits per heavy atom. The number of benzene rings is 2. The van der Waals surface area contributed by atoms with Gasteiger partial charge in [0.2, 0.25) is 5.60 Å². The van der Waals surface area contributed by atoms with E-state index in [1.54, 1.807) is 54.6 Å². The third-order valence-corrected chi connectivity index (χ3v) is 4.70. The van der Waals surface area contributed by atoms with Crippen molar-refractivity contribution in [3.63, 3.8) is 0 Å². The summed E-state index contributed by atoms with van der Waals surface area (Å²) in [6.07, 6.45) is 2.14. The number of aliphatic hydroxyl groups is 1. The quantitative estimate of drug-likeness (QED) is 0.752. The van der Waals surface area contributed by atoms with E-state index in [-0.39, 0.29) is 5.56 Å². The van der Waals surface area contributed by atoms with Crippen molar-refractivity contribution >= 4 is 5.97 Å². The van der Waals surface area contributed by atoms with Gasteiger partial charge in [-0.3, -0.25) is 0 Å². The fourth-order valence-corrected chi connectivity index (χ4v) is 3.17. The average Bonchev–Trinajstić information content (AvgIpc) is 2.67. The molecule has 2 aromatic rings. The molecule has 1 aliphatic heterocycles. The maximum Gasteiger partial charge on any atom is 0.345 e. The predicted octanol–water partition coefficient (Wildman–Crippen LogP) is 2.39. The third-order valence-electron chi connectivity index (χ3n) is 4.70. The van der Waals surface area contributed by atoms with Gasteiger partial charge in [0.1, 0.15) is 5.75 Å². The van der Waals surface area contributed by atoms with Crippen molar-refractivity contribution in [3.05, 3.63) is 65.7 Å². The summed E-state index contributed by atoms with van der Waals surface area (Å²) >= 11 is 0. The molecule has 1 heterocycles. The lowest BCUT2D eigenvalue weighted by Gasteiger charge is -2.26. The maximum atomic E-state index is 11.8.